The van der Waals surface area contributed by atoms with Crippen LogP contribution in [-0.4, -0.2) is 25.8 Å². The molecule has 0 spiro atoms. The third-order valence-corrected chi connectivity index (χ3v) is 5.57. The molecule has 4 aromatic rings. The summed E-state index contributed by atoms with van der Waals surface area (Å²) in [6, 6.07) is 18.0. The van der Waals surface area contributed by atoms with E-state index in [-0.39, 0.29) is 5.69 Å². The largest absolute Gasteiger partial charge is 0.476 e. The van der Waals surface area contributed by atoms with Gasteiger partial charge in [0.15, 0.2) is 5.69 Å². The van der Waals surface area contributed by atoms with Crippen molar-refractivity contribution in [2.24, 2.45) is 5.14 Å². The van der Waals surface area contributed by atoms with Gasteiger partial charge in [0.2, 0.25) is 5.13 Å². The minimum Gasteiger partial charge on any atom is -0.476 e. The minimum absolute atomic E-state index is 0.0215. The van der Waals surface area contributed by atoms with Gasteiger partial charge >= 0.3 is 5.97 Å². The van der Waals surface area contributed by atoms with Gasteiger partial charge in [0.05, 0.1) is 5.69 Å². The zero-order valence-corrected chi connectivity index (χ0v) is 16.3. The van der Waals surface area contributed by atoms with E-state index >= 15 is 0 Å². The van der Waals surface area contributed by atoms with E-state index in [1.807, 2.05) is 60.8 Å². The Kier molecular flexibility index (Phi) is 5.25. The number of benzene rings is 2. The average Bonchev–Trinajstić information content (AvgIpc) is 3.37. The quantitative estimate of drug-likeness (QED) is 0.463. The van der Waals surface area contributed by atoms with Crippen LogP contribution >= 0.6 is 23.3 Å². The Morgan fingerprint density at radius 2 is 1.89 bits per heavy atom. The molecule has 0 amide bonds. The number of thiazole rings is 1. The smallest absolute Gasteiger partial charge is 0.355 e. The zero-order chi connectivity index (χ0) is 19.5. The van der Waals surface area contributed by atoms with Gasteiger partial charge in [-0.1, -0.05) is 42.5 Å². The van der Waals surface area contributed by atoms with Crippen LogP contribution in [0.1, 0.15) is 21.6 Å². The molecule has 0 aliphatic carbocycles. The maximum atomic E-state index is 11.1. The Bertz CT molecular complexity index is 1100. The van der Waals surface area contributed by atoms with Crippen LogP contribution in [0, 0.1) is 0 Å². The monoisotopic (exact) mass is 408 g/mol. The predicted octanol–water partition coefficient (Wildman–Crippen LogP) is 4.25. The molecule has 0 fully saturated rings. The van der Waals surface area contributed by atoms with Crippen molar-refractivity contribution >= 4 is 29.3 Å². The first-order valence-electron chi connectivity index (χ1n) is 8.43. The summed E-state index contributed by atoms with van der Waals surface area (Å²) in [6.07, 6.45) is 2.61. The Morgan fingerprint density at radius 3 is 2.54 bits per heavy atom. The van der Waals surface area contributed by atoms with E-state index in [0.29, 0.717) is 11.6 Å². The molecule has 0 bridgehead atoms. The first kappa shape index (κ1) is 18.4. The van der Waals surface area contributed by atoms with E-state index in [4.69, 9.17) is 15.3 Å². The Balaban J connectivity index is 1.74. The molecule has 0 atom stereocenters. The average molecular weight is 409 g/mol. The van der Waals surface area contributed by atoms with Crippen LogP contribution in [0.4, 0.5) is 0 Å². The maximum absolute atomic E-state index is 11.1. The molecule has 140 valence electrons. The van der Waals surface area contributed by atoms with Crippen LogP contribution in [0.5, 0.6) is 0 Å². The summed E-state index contributed by atoms with van der Waals surface area (Å²) in [5, 5.41) is 21.5. The van der Waals surface area contributed by atoms with E-state index in [0.717, 1.165) is 27.3 Å². The van der Waals surface area contributed by atoms with Crippen molar-refractivity contribution < 1.29 is 9.90 Å². The van der Waals surface area contributed by atoms with Crippen LogP contribution in [0.2, 0.25) is 0 Å². The fraction of sp³-hybridized carbons (Fsp3) is 0.0500. The van der Waals surface area contributed by atoms with Crippen molar-refractivity contribution in [3.8, 4) is 16.4 Å². The molecule has 0 saturated heterocycles. The van der Waals surface area contributed by atoms with Crippen molar-refractivity contribution in [1.29, 1.82) is 0 Å². The highest BCUT2D eigenvalue weighted by Gasteiger charge is 2.16. The van der Waals surface area contributed by atoms with Gasteiger partial charge in [-0.25, -0.2) is 14.5 Å². The van der Waals surface area contributed by atoms with Gasteiger partial charge < -0.3 is 5.11 Å². The molecular formula is C20H16N4O2S2. The summed E-state index contributed by atoms with van der Waals surface area (Å²) >= 11 is 2.47. The third kappa shape index (κ3) is 3.84. The number of rotatable bonds is 6. The van der Waals surface area contributed by atoms with Gasteiger partial charge in [-0.3, -0.25) is 5.14 Å². The van der Waals surface area contributed by atoms with Gasteiger partial charge in [0.1, 0.15) is 0 Å². The molecule has 0 unspecified atom stereocenters. The summed E-state index contributed by atoms with van der Waals surface area (Å²) < 4.78 is 1.65. The first-order chi connectivity index (χ1) is 13.6. The van der Waals surface area contributed by atoms with Crippen LogP contribution < -0.4 is 5.14 Å². The first-order valence-corrected chi connectivity index (χ1v) is 10.2. The van der Waals surface area contributed by atoms with Crippen LogP contribution in [0.25, 0.3) is 16.4 Å². The molecule has 2 heterocycles. The second-order valence-electron chi connectivity index (χ2n) is 6.07. The van der Waals surface area contributed by atoms with Crippen LogP contribution in [-0.2, 0) is 6.42 Å². The lowest BCUT2D eigenvalue weighted by Gasteiger charge is -2.04. The summed E-state index contributed by atoms with van der Waals surface area (Å²) in [7, 11) is 0. The topological polar surface area (TPSA) is 94.0 Å². The molecule has 0 aliphatic heterocycles. The normalized spacial score (nSPS) is 10.9. The second kappa shape index (κ2) is 7.97. The van der Waals surface area contributed by atoms with Gasteiger partial charge in [0, 0.05) is 34.0 Å². The maximum Gasteiger partial charge on any atom is 0.355 e. The van der Waals surface area contributed by atoms with Gasteiger partial charge in [0.25, 0.3) is 0 Å². The van der Waals surface area contributed by atoms with E-state index < -0.39 is 5.97 Å². The molecule has 3 N–H and O–H groups in total. The molecule has 4 rings (SSSR count). The van der Waals surface area contributed by atoms with Crippen molar-refractivity contribution in [2.75, 3.05) is 0 Å². The lowest BCUT2D eigenvalue weighted by Crippen LogP contribution is -1.99. The number of nitrogens with two attached hydrogens (primary N) is 1. The fourth-order valence-corrected chi connectivity index (χ4v) is 3.87. The van der Waals surface area contributed by atoms with E-state index in [9.17, 15) is 4.79 Å². The number of hydrogen-bond donors (Lipinski definition) is 2. The van der Waals surface area contributed by atoms with Gasteiger partial charge in [-0.15, -0.1) is 11.3 Å². The fourth-order valence-electron chi connectivity index (χ4n) is 2.85. The number of carboxylic acid groups (broad SMARTS) is 1. The highest BCUT2D eigenvalue weighted by Crippen LogP contribution is 2.27. The molecule has 8 heteroatoms. The van der Waals surface area contributed by atoms with Crippen molar-refractivity contribution in [2.45, 2.75) is 11.3 Å². The van der Waals surface area contributed by atoms with Crippen molar-refractivity contribution in [3.05, 3.63) is 83.0 Å². The Labute approximate surface area is 169 Å². The third-order valence-electron chi connectivity index (χ3n) is 4.20. The molecule has 0 radical (unpaired) electrons. The van der Waals surface area contributed by atoms with Crippen molar-refractivity contribution in [1.82, 2.24) is 14.8 Å². The van der Waals surface area contributed by atoms with E-state index in [2.05, 4.69) is 4.98 Å². The number of carboxylic acids is 1. The number of hydrogen-bond acceptors (Lipinski definition) is 6. The van der Waals surface area contributed by atoms with Crippen LogP contribution in [0.15, 0.2) is 71.1 Å². The second-order valence-corrected chi connectivity index (χ2v) is 7.62. The number of aromatic carboxylic acids is 1. The molecule has 0 aliphatic rings. The minimum atomic E-state index is -1.05. The van der Waals surface area contributed by atoms with Crippen molar-refractivity contribution in [3.63, 3.8) is 0 Å². The van der Waals surface area contributed by atoms with E-state index in [1.165, 1.54) is 28.7 Å². The molecule has 6 nitrogen and oxygen atoms in total. The molecule has 28 heavy (non-hydrogen) atoms. The summed E-state index contributed by atoms with van der Waals surface area (Å²) in [6.45, 7) is 0. The lowest BCUT2D eigenvalue weighted by molar-refractivity contribution is 0.0691. The van der Waals surface area contributed by atoms with Crippen LogP contribution in [0.3, 0.4) is 0 Å². The highest BCUT2D eigenvalue weighted by molar-refractivity contribution is 7.97. The number of aromatic nitrogens is 3. The summed E-state index contributed by atoms with van der Waals surface area (Å²) in [5.74, 6) is -1.05. The molecule has 0 saturated carbocycles. The summed E-state index contributed by atoms with van der Waals surface area (Å²) in [4.78, 5) is 16.3. The molecular weight excluding hydrogens is 392 g/mol. The van der Waals surface area contributed by atoms with Gasteiger partial charge in [-0.2, -0.15) is 5.10 Å². The number of nitrogens with zero attached hydrogens (tertiary/aromatic N) is 3. The highest BCUT2D eigenvalue weighted by atomic mass is 32.2. The Morgan fingerprint density at radius 1 is 1.14 bits per heavy atom. The standard InChI is InChI=1S/C20H16N4O2S2/c21-28-16-8-6-13(7-9-16)10-15-11-24(20-22-17(12-27-20)19(25)26)23-18(15)14-4-2-1-3-5-14/h1-9,11-12H,10,21H2,(H,25,26). The predicted molar refractivity (Wildman–Crippen MR) is 111 cm³/mol. The Hall–Kier alpha value is -2.94. The molecule has 2 aromatic heterocycles. The lowest BCUT2D eigenvalue weighted by atomic mass is 10.0. The number of carbonyl (C=O) groups is 1. The SMILES string of the molecule is NSc1ccc(Cc2cn(-c3nc(C(=O)O)cs3)nc2-c2ccccc2)cc1. The zero-order valence-electron chi connectivity index (χ0n) is 14.6. The molecule has 2 aromatic carbocycles. The summed E-state index contributed by atoms with van der Waals surface area (Å²) in [5.41, 5.74) is 4.05. The van der Waals surface area contributed by atoms with Gasteiger partial charge in [-0.05, 0) is 29.6 Å². The van der Waals surface area contributed by atoms with E-state index in [1.54, 1.807) is 4.68 Å².